The molecule has 0 saturated heterocycles. The summed E-state index contributed by atoms with van der Waals surface area (Å²) < 4.78 is 0. The SMILES string of the molecule is CC(=O)Nc1cccc(C(C)=NNC(=O)C(C)Sc2ccccc2)c1. The van der Waals surface area contributed by atoms with Gasteiger partial charge < -0.3 is 5.32 Å². The van der Waals surface area contributed by atoms with E-state index in [0.717, 1.165) is 10.5 Å². The lowest BCUT2D eigenvalue weighted by molar-refractivity contribution is -0.120. The molecular formula is C19H21N3O2S. The van der Waals surface area contributed by atoms with Crippen molar-refractivity contribution >= 4 is 35.0 Å². The first kappa shape index (κ1) is 18.7. The van der Waals surface area contributed by atoms with Crippen molar-refractivity contribution < 1.29 is 9.59 Å². The van der Waals surface area contributed by atoms with Crippen molar-refractivity contribution in [3.05, 3.63) is 60.2 Å². The van der Waals surface area contributed by atoms with Gasteiger partial charge in [-0.2, -0.15) is 5.10 Å². The van der Waals surface area contributed by atoms with Gasteiger partial charge in [-0.3, -0.25) is 9.59 Å². The van der Waals surface area contributed by atoms with Crippen molar-refractivity contribution in [2.75, 3.05) is 5.32 Å². The number of carbonyl (C=O) groups is 2. The third-order valence-corrected chi connectivity index (χ3v) is 4.47. The first-order valence-corrected chi connectivity index (χ1v) is 8.77. The molecule has 0 radical (unpaired) electrons. The van der Waals surface area contributed by atoms with Gasteiger partial charge in [0.2, 0.25) is 5.91 Å². The number of nitrogens with one attached hydrogen (secondary N) is 2. The molecule has 0 heterocycles. The van der Waals surface area contributed by atoms with E-state index in [4.69, 9.17) is 0 Å². The summed E-state index contributed by atoms with van der Waals surface area (Å²) in [6.07, 6.45) is 0. The molecule has 1 unspecified atom stereocenters. The van der Waals surface area contributed by atoms with E-state index in [0.29, 0.717) is 11.4 Å². The fraction of sp³-hybridized carbons (Fsp3) is 0.211. The minimum Gasteiger partial charge on any atom is -0.326 e. The van der Waals surface area contributed by atoms with Gasteiger partial charge in [-0.05, 0) is 43.7 Å². The van der Waals surface area contributed by atoms with E-state index < -0.39 is 0 Å². The molecule has 0 aliphatic carbocycles. The number of rotatable bonds is 6. The van der Waals surface area contributed by atoms with Crippen LogP contribution in [0.1, 0.15) is 26.3 Å². The zero-order valence-corrected chi connectivity index (χ0v) is 15.3. The van der Waals surface area contributed by atoms with Crippen molar-refractivity contribution in [1.29, 1.82) is 0 Å². The van der Waals surface area contributed by atoms with E-state index in [-0.39, 0.29) is 17.1 Å². The quantitative estimate of drug-likeness (QED) is 0.472. The standard InChI is InChI=1S/C19H21N3O2S/c1-13(16-8-7-9-17(12-16)20-15(3)23)21-22-19(24)14(2)25-18-10-5-4-6-11-18/h4-12,14H,1-3H3,(H,20,23)(H,22,24). The number of hydrogen-bond acceptors (Lipinski definition) is 4. The highest BCUT2D eigenvalue weighted by molar-refractivity contribution is 8.00. The number of carbonyl (C=O) groups excluding carboxylic acids is 2. The number of amides is 2. The molecule has 2 rings (SSSR count). The van der Waals surface area contributed by atoms with Crippen LogP contribution in [-0.2, 0) is 9.59 Å². The first-order chi connectivity index (χ1) is 12.0. The first-order valence-electron chi connectivity index (χ1n) is 7.89. The summed E-state index contributed by atoms with van der Waals surface area (Å²) in [4.78, 5) is 24.4. The van der Waals surface area contributed by atoms with Gasteiger partial charge in [0.25, 0.3) is 5.91 Å². The fourth-order valence-corrected chi connectivity index (χ4v) is 2.96. The number of hydrogen-bond donors (Lipinski definition) is 2. The van der Waals surface area contributed by atoms with E-state index in [1.807, 2.05) is 62.4 Å². The monoisotopic (exact) mass is 355 g/mol. The third-order valence-electron chi connectivity index (χ3n) is 3.36. The van der Waals surface area contributed by atoms with Crippen LogP contribution in [0.3, 0.4) is 0 Å². The zero-order valence-electron chi connectivity index (χ0n) is 14.4. The fourth-order valence-electron chi connectivity index (χ4n) is 2.08. The molecule has 1 atom stereocenters. The average molecular weight is 355 g/mol. The van der Waals surface area contributed by atoms with E-state index >= 15 is 0 Å². The largest absolute Gasteiger partial charge is 0.326 e. The summed E-state index contributed by atoms with van der Waals surface area (Å²) in [5.41, 5.74) is 4.79. The minimum atomic E-state index is -0.260. The predicted molar refractivity (Wildman–Crippen MR) is 103 cm³/mol. The van der Waals surface area contributed by atoms with Gasteiger partial charge in [-0.15, -0.1) is 11.8 Å². The summed E-state index contributed by atoms with van der Waals surface area (Å²) in [7, 11) is 0. The Bertz CT molecular complexity index is 775. The number of hydrazone groups is 1. The summed E-state index contributed by atoms with van der Waals surface area (Å²) in [6, 6.07) is 17.1. The van der Waals surface area contributed by atoms with E-state index in [1.165, 1.54) is 18.7 Å². The van der Waals surface area contributed by atoms with Gasteiger partial charge in [0, 0.05) is 17.5 Å². The third kappa shape index (κ3) is 6.08. The lowest BCUT2D eigenvalue weighted by Gasteiger charge is -2.10. The Morgan fingerprint density at radius 3 is 2.44 bits per heavy atom. The van der Waals surface area contributed by atoms with Crippen LogP contribution in [0, 0.1) is 0 Å². The molecule has 0 spiro atoms. The molecule has 5 nitrogen and oxygen atoms in total. The average Bonchev–Trinajstić information content (AvgIpc) is 2.59. The Hall–Kier alpha value is -2.60. The maximum absolute atomic E-state index is 12.2. The molecule has 2 aromatic rings. The molecule has 0 aliphatic heterocycles. The Kier molecular flexibility index (Phi) is 6.77. The lowest BCUT2D eigenvalue weighted by atomic mass is 10.1. The van der Waals surface area contributed by atoms with Crippen molar-refractivity contribution in [3.63, 3.8) is 0 Å². The smallest absolute Gasteiger partial charge is 0.253 e. The maximum atomic E-state index is 12.2. The van der Waals surface area contributed by atoms with Gasteiger partial charge in [0.1, 0.15) is 0 Å². The van der Waals surface area contributed by atoms with Crippen molar-refractivity contribution in [2.45, 2.75) is 30.9 Å². The molecule has 0 fully saturated rings. The molecule has 2 amide bonds. The van der Waals surface area contributed by atoms with Gasteiger partial charge in [0.15, 0.2) is 0 Å². The zero-order chi connectivity index (χ0) is 18.2. The van der Waals surface area contributed by atoms with Crippen LogP contribution in [0.4, 0.5) is 5.69 Å². The van der Waals surface area contributed by atoms with Crippen molar-refractivity contribution in [2.24, 2.45) is 5.10 Å². The normalized spacial score (nSPS) is 12.4. The highest BCUT2D eigenvalue weighted by Gasteiger charge is 2.13. The molecule has 25 heavy (non-hydrogen) atoms. The summed E-state index contributed by atoms with van der Waals surface area (Å²) >= 11 is 1.48. The van der Waals surface area contributed by atoms with Crippen molar-refractivity contribution in [1.82, 2.24) is 5.43 Å². The minimum absolute atomic E-state index is 0.133. The predicted octanol–water partition coefficient (Wildman–Crippen LogP) is 3.67. The second-order valence-corrected chi connectivity index (χ2v) is 6.92. The van der Waals surface area contributed by atoms with E-state index in [1.54, 1.807) is 6.07 Å². The van der Waals surface area contributed by atoms with Gasteiger partial charge >= 0.3 is 0 Å². The van der Waals surface area contributed by atoms with Crippen LogP contribution in [-0.4, -0.2) is 22.8 Å². The highest BCUT2D eigenvalue weighted by Crippen LogP contribution is 2.22. The number of anilines is 1. The molecule has 6 heteroatoms. The topological polar surface area (TPSA) is 70.6 Å². The van der Waals surface area contributed by atoms with Gasteiger partial charge in [-0.25, -0.2) is 5.43 Å². The Morgan fingerprint density at radius 2 is 1.76 bits per heavy atom. The Balaban J connectivity index is 1.98. The Morgan fingerprint density at radius 1 is 1.04 bits per heavy atom. The molecular weight excluding hydrogens is 334 g/mol. The van der Waals surface area contributed by atoms with Crippen LogP contribution in [0.15, 0.2) is 64.6 Å². The summed E-state index contributed by atoms with van der Waals surface area (Å²) in [6.45, 7) is 5.11. The van der Waals surface area contributed by atoms with Crippen LogP contribution in [0.5, 0.6) is 0 Å². The lowest BCUT2D eigenvalue weighted by Crippen LogP contribution is -2.27. The molecule has 2 aromatic carbocycles. The van der Waals surface area contributed by atoms with Crippen molar-refractivity contribution in [3.8, 4) is 0 Å². The van der Waals surface area contributed by atoms with Crippen LogP contribution < -0.4 is 10.7 Å². The van der Waals surface area contributed by atoms with Gasteiger partial charge in [0.05, 0.1) is 11.0 Å². The van der Waals surface area contributed by atoms with E-state index in [2.05, 4.69) is 15.8 Å². The molecule has 2 N–H and O–H groups in total. The maximum Gasteiger partial charge on any atom is 0.253 e. The summed E-state index contributed by atoms with van der Waals surface area (Å²) in [5, 5.41) is 6.63. The van der Waals surface area contributed by atoms with Crippen LogP contribution in [0.2, 0.25) is 0 Å². The van der Waals surface area contributed by atoms with Crippen LogP contribution >= 0.6 is 11.8 Å². The summed E-state index contributed by atoms with van der Waals surface area (Å²) in [5.74, 6) is -0.293. The molecule has 0 bridgehead atoms. The van der Waals surface area contributed by atoms with E-state index in [9.17, 15) is 9.59 Å². The Labute approximate surface area is 151 Å². The molecule has 0 aromatic heterocycles. The number of thioether (sulfide) groups is 1. The molecule has 0 saturated carbocycles. The second-order valence-electron chi connectivity index (χ2n) is 5.51. The van der Waals surface area contributed by atoms with Crippen LogP contribution in [0.25, 0.3) is 0 Å². The van der Waals surface area contributed by atoms with Gasteiger partial charge in [-0.1, -0.05) is 30.3 Å². The number of benzene rings is 2. The highest BCUT2D eigenvalue weighted by atomic mass is 32.2. The second kappa shape index (κ2) is 9.03. The molecule has 0 aliphatic rings. The molecule has 130 valence electrons. The number of nitrogens with zero attached hydrogens (tertiary/aromatic N) is 1.